The normalized spacial score (nSPS) is 21.8. The molecule has 1 aliphatic heterocycles. The lowest BCUT2D eigenvalue weighted by molar-refractivity contribution is -0.115. The van der Waals surface area contributed by atoms with Crippen molar-refractivity contribution in [1.82, 2.24) is 5.32 Å². The van der Waals surface area contributed by atoms with Crippen LogP contribution in [0.4, 0.5) is 4.79 Å². The van der Waals surface area contributed by atoms with Gasteiger partial charge in [-0.2, -0.15) is 0 Å². The summed E-state index contributed by atoms with van der Waals surface area (Å²) in [6.45, 7) is 5.95. The molecule has 2 amide bonds. The van der Waals surface area contributed by atoms with Crippen molar-refractivity contribution in [2.45, 2.75) is 20.8 Å². The number of amides is 2. The Labute approximate surface area is 75.6 Å². The number of nitrogens with one attached hydrogen (secondary N) is 1. The quantitative estimate of drug-likeness (QED) is 0.586. The molecule has 1 aliphatic rings. The second-order valence-electron chi connectivity index (χ2n) is 3.72. The van der Waals surface area contributed by atoms with Crippen molar-refractivity contribution in [1.29, 1.82) is 0 Å². The van der Waals surface area contributed by atoms with E-state index in [-0.39, 0.29) is 16.6 Å². The Morgan fingerprint density at radius 1 is 1.33 bits per heavy atom. The number of carbonyl (C=O) groups excluding carboxylic acids is 2. The minimum Gasteiger partial charge on any atom is -0.282 e. The van der Waals surface area contributed by atoms with Gasteiger partial charge >= 0.3 is 0 Å². The van der Waals surface area contributed by atoms with E-state index in [1.807, 2.05) is 20.8 Å². The molecule has 0 spiro atoms. The Balaban J connectivity index is 2.84. The van der Waals surface area contributed by atoms with Gasteiger partial charge in [-0.1, -0.05) is 26.8 Å². The number of carbonyl (C=O) groups is 2. The molecule has 3 nitrogen and oxygen atoms in total. The fourth-order valence-corrected chi connectivity index (χ4v) is 1.71. The Morgan fingerprint density at radius 2 is 1.92 bits per heavy atom. The Kier molecular flexibility index (Phi) is 2.28. The fourth-order valence-electron chi connectivity index (χ4n) is 0.814. The van der Waals surface area contributed by atoms with Gasteiger partial charge < -0.3 is 0 Å². The van der Waals surface area contributed by atoms with Crippen LogP contribution in [0.25, 0.3) is 0 Å². The molecule has 1 rings (SSSR count). The summed E-state index contributed by atoms with van der Waals surface area (Å²) in [4.78, 5) is 22.3. The molecule has 0 aromatic rings. The van der Waals surface area contributed by atoms with Crippen LogP contribution in [-0.2, 0) is 4.79 Å². The molecule has 0 aromatic heterocycles. The lowest BCUT2D eigenvalue weighted by atomic mass is 9.96. The van der Waals surface area contributed by atoms with Crippen molar-refractivity contribution >= 4 is 22.9 Å². The molecule has 0 bridgehead atoms. The molecule has 0 aliphatic carbocycles. The SMILES string of the molecule is CC(C)(C)/C=C1/SC(=O)NC1=O. The molecule has 1 N–H and O–H groups in total. The van der Waals surface area contributed by atoms with Gasteiger partial charge in [-0.3, -0.25) is 14.9 Å². The van der Waals surface area contributed by atoms with Gasteiger partial charge in [-0.05, 0) is 17.2 Å². The summed E-state index contributed by atoms with van der Waals surface area (Å²) in [5, 5.41) is 1.92. The molecule has 1 heterocycles. The van der Waals surface area contributed by atoms with Crippen molar-refractivity contribution in [3.8, 4) is 0 Å². The standard InChI is InChI=1S/C8H11NO2S/c1-8(2,3)4-5-6(10)9-7(11)12-5/h4H,1-3H3,(H,9,10,11)/b5-4+. The van der Waals surface area contributed by atoms with E-state index in [0.29, 0.717) is 4.91 Å². The molecular formula is C8H11NO2S. The van der Waals surface area contributed by atoms with Gasteiger partial charge in [0.15, 0.2) is 0 Å². The highest BCUT2D eigenvalue weighted by Crippen LogP contribution is 2.28. The Morgan fingerprint density at radius 3 is 2.25 bits per heavy atom. The zero-order valence-corrected chi connectivity index (χ0v) is 8.12. The first-order chi connectivity index (χ1) is 5.38. The summed E-state index contributed by atoms with van der Waals surface area (Å²) in [6, 6.07) is 0. The van der Waals surface area contributed by atoms with Crippen molar-refractivity contribution in [2.75, 3.05) is 0 Å². The van der Waals surface area contributed by atoms with Crippen LogP contribution in [0.5, 0.6) is 0 Å². The summed E-state index contributed by atoms with van der Waals surface area (Å²) >= 11 is 0.962. The molecule has 1 fully saturated rings. The second kappa shape index (κ2) is 2.94. The maximum absolute atomic E-state index is 11.0. The van der Waals surface area contributed by atoms with Crippen LogP contribution in [0.3, 0.4) is 0 Å². The van der Waals surface area contributed by atoms with E-state index < -0.39 is 0 Å². The lowest BCUT2D eigenvalue weighted by Gasteiger charge is -2.11. The van der Waals surface area contributed by atoms with E-state index in [4.69, 9.17) is 0 Å². The summed E-state index contributed by atoms with van der Waals surface area (Å²) in [5.74, 6) is -0.278. The maximum Gasteiger partial charge on any atom is 0.290 e. The minimum atomic E-state index is -0.282. The molecule has 0 aromatic carbocycles. The van der Waals surface area contributed by atoms with Crippen LogP contribution in [-0.4, -0.2) is 11.1 Å². The number of imide groups is 1. The van der Waals surface area contributed by atoms with Crippen LogP contribution >= 0.6 is 11.8 Å². The summed E-state index contributed by atoms with van der Waals surface area (Å²) < 4.78 is 0. The largest absolute Gasteiger partial charge is 0.290 e. The topological polar surface area (TPSA) is 46.2 Å². The maximum atomic E-state index is 11.0. The van der Waals surface area contributed by atoms with Gasteiger partial charge in [0.2, 0.25) is 0 Å². The zero-order chi connectivity index (χ0) is 9.35. The Hall–Kier alpha value is -0.770. The molecule has 0 unspecified atom stereocenters. The molecule has 1 saturated heterocycles. The summed E-state index contributed by atoms with van der Waals surface area (Å²) in [6.07, 6.45) is 1.80. The number of thioether (sulfide) groups is 1. The third kappa shape index (κ3) is 2.37. The van der Waals surface area contributed by atoms with Crippen molar-refractivity contribution in [3.63, 3.8) is 0 Å². The van der Waals surface area contributed by atoms with E-state index in [9.17, 15) is 9.59 Å². The van der Waals surface area contributed by atoms with Gasteiger partial charge in [-0.25, -0.2) is 0 Å². The number of hydrogen-bond acceptors (Lipinski definition) is 3. The summed E-state index contributed by atoms with van der Waals surface area (Å²) in [5.41, 5.74) is -0.0652. The van der Waals surface area contributed by atoms with Crippen LogP contribution in [0, 0.1) is 5.41 Å². The first-order valence-electron chi connectivity index (χ1n) is 3.64. The predicted molar refractivity (Wildman–Crippen MR) is 48.7 cm³/mol. The highest BCUT2D eigenvalue weighted by atomic mass is 32.2. The highest BCUT2D eigenvalue weighted by Gasteiger charge is 2.26. The van der Waals surface area contributed by atoms with E-state index in [0.717, 1.165) is 11.8 Å². The van der Waals surface area contributed by atoms with Gasteiger partial charge in [0.05, 0.1) is 4.91 Å². The average molecular weight is 185 g/mol. The molecule has 0 saturated carbocycles. The van der Waals surface area contributed by atoms with Gasteiger partial charge in [0.1, 0.15) is 0 Å². The van der Waals surface area contributed by atoms with E-state index >= 15 is 0 Å². The third-order valence-corrected chi connectivity index (χ3v) is 2.02. The van der Waals surface area contributed by atoms with Gasteiger partial charge in [0, 0.05) is 0 Å². The van der Waals surface area contributed by atoms with Crippen molar-refractivity contribution < 1.29 is 9.59 Å². The average Bonchev–Trinajstić information content (AvgIpc) is 2.06. The molecule has 0 radical (unpaired) electrons. The smallest absolute Gasteiger partial charge is 0.282 e. The van der Waals surface area contributed by atoms with Crippen LogP contribution < -0.4 is 5.32 Å². The monoisotopic (exact) mass is 185 g/mol. The number of allylic oxidation sites excluding steroid dienone is 1. The minimum absolute atomic E-state index is 0.0652. The predicted octanol–water partition coefficient (Wildman–Crippen LogP) is 1.90. The third-order valence-electron chi connectivity index (χ3n) is 1.21. The van der Waals surface area contributed by atoms with Crippen molar-refractivity contribution in [3.05, 3.63) is 11.0 Å². The van der Waals surface area contributed by atoms with E-state index in [1.165, 1.54) is 0 Å². The number of rotatable bonds is 0. The fraction of sp³-hybridized carbons (Fsp3) is 0.500. The molecule has 4 heteroatoms. The Bertz CT molecular complexity index is 263. The molecule has 0 atom stereocenters. The first kappa shape index (κ1) is 9.32. The highest BCUT2D eigenvalue weighted by molar-refractivity contribution is 8.18. The number of hydrogen-bond donors (Lipinski definition) is 1. The second-order valence-corrected chi connectivity index (χ2v) is 4.73. The molecular weight excluding hydrogens is 174 g/mol. The van der Waals surface area contributed by atoms with Crippen LogP contribution in [0.2, 0.25) is 0 Å². The van der Waals surface area contributed by atoms with Crippen LogP contribution in [0.1, 0.15) is 20.8 Å². The zero-order valence-electron chi connectivity index (χ0n) is 7.30. The first-order valence-corrected chi connectivity index (χ1v) is 4.46. The van der Waals surface area contributed by atoms with Gasteiger partial charge in [-0.15, -0.1) is 0 Å². The van der Waals surface area contributed by atoms with Crippen LogP contribution in [0.15, 0.2) is 11.0 Å². The van der Waals surface area contributed by atoms with E-state index in [2.05, 4.69) is 5.32 Å². The van der Waals surface area contributed by atoms with E-state index in [1.54, 1.807) is 6.08 Å². The summed E-state index contributed by atoms with van der Waals surface area (Å²) in [7, 11) is 0. The molecule has 66 valence electrons. The van der Waals surface area contributed by atoms with Gasteiger partial charge in [0.25, 0.3) is 11.1 Å². The van der Waals surface area contributed by atoms with Crippen molar-refractivity contribution in [2.24, 2.45) is 5.41 Å². The molecule has 12 heavy (non-hydrogen) atoms. The lowest BCUT2D eigenvalue weighted by Crippen LogP contribution is -2.18.